The number of nitrogens with one attached hydrogen (secondary N) is 2. The molecule has 1 aromatic carbocycles. The quantitative estimate of drug-likeness (QED) is 0.795. The zero-order valence-electron chi connectivity index (χ0n) is 11.5. The molecule has 2 fully saturated rings. The number of rotatable bonds is 1. The number of halogens is 1. The minimum Gasteiger partial charge on any atom is -0.338 e. The Bertz CT molecular complexity index is 769. The van der Waals surface area contributed by atoms with E-state index in [4.69, 9.17) is 12.2 Å². The van der Waals surface area contributed by atoms with E-state index in [-0.39, 0.29) is 5.91 Å². The largest absolute Gasteiger partial charge is 0.338 e. The number of hydrogen-bond donors (Lipinski definition) is 2. The molecule has 6 heteroatoms. The highest BCUT2D eigenvalue weighted by atomic mass is 32.1. The fraction of sp³-hybridized carbons (Fsp3) is 0.467. The molecule has 1 saturated heterocycles. The summed E-state index contributed by atoms with van der Waals surface area (Å²) < 4.78 is 14.2. The molecule has 21 heavy (non-hydrogen) atoms. The predicted molar refractivity (Wildman–Crippen MR) is 80.2 cm³/mol. The van der Waals surface area contributed by atoms with Crippen molar-refractivity contribution in [3.05, 3.63) is 28.3 Å². The molecule has 2 aromatic rings. The molecule has 1 aliphatic carbocycles. The third-order valence-electron chi connectivity index (χ3n) is 4.83. The van der Waals surface area contributed by atoms with Crippen LogP contribution in [0.25, 0.3) is 11.0 Å². The third kappa shape index (κ3) is 2.09. The molecule has 2 heterocycles. The van der Waals surface area contributed by atoms with Gasteiger partial charge in [-0.2, -0.15) is 0 Å². The van der Waals surface area contributed by atoms with Gasteiger partial charge in [0.1, 0.15) is 5.82 Å². The predicted octanol–water partition coefficient (Wildman–Crippen LogP) is 3.24. The monoisotopic (exact) mass is 305 g/mol. The number of carbonyl (C=O) groups is 1. The summed E-state index contributed by atoms with van der Waals surface area (Å²) in [5.74, 6) is 0.736. The van der Waals surface area contributed by atoms with Gasteiger partial charge in [-0.05, 0) is 49.0 Å². The first-order valence-electron chi connectivity index (χ1n) is 7.32. The van der Waals surface area contributed by atoms with Gasteiger partial charge in [0, 0.05) is 13.1 Å². The van der Waals surface area contributed by atoms with Gasteiger partial charge in [-0.25, -0.2) is 4.39 Å². The molecular formula is C15H16FN3OS. The van der Waals surface area contributed by atoms with E-state index in [0.717, 1.165) is 13.1 Å². The van der Waals surface area contributed by atoms with Crippen molar-refractivity contribution < 1.29 is 9.18 Å². The van der Waals surface area contributed by atoms with Crippen LogP contribution >= 0.6 is 12.2 Å². The molecule has 2 N–H and O–H groups in total. The maximum Gasteiger partial charge on any atom is 0.256 e. The topological polar surface area (TPSA) is 51.9 Å². The maximum atomic E-state index is 13.7. The minimum absolute atomic E-state index is 0.0980. The lowest BCUT2D eigenvalue weighted by Gasteiger charge is -2.17. The van der Waals surface area contributed by atoms with Gasteiger partial charge < -0.3 is 14.9 Å². The van der Waals surface area contributed by atoms with Crippen LogP contribution in [0.2, 0.25) is 0 Å². The van der Waals surface area contributed by atoms with Crippen molar-refractivity contribution >= 4 is 29.2 Å². The zero-order chi connectivity index (χ0) is 14.6. The molecule has 1 aromatic heterocycles. The van der Waals surface area contributed by atoms with E-state index >= 15 is 0 Å². The number of fused-ring (bicyclic) bond motifs is 2. The lowest BCUT2D eigenvalue weighted by molar-refractivity contribution is 0.0782. The van der Waals surface area contributed by atoms with Crippen molar-refractivity contribution in [2.24, 2.45) is 11.8 Å². The highest BCUT2D eigenvalue weighted by Gasteiger charge is 2.38. The van der Waals surface area contributed by atoms with Gasteiger partial charge in [0.25, 0.3) is 5.91 Å². The molecule has 0 spiro atoms. The van der Waals surface area contributed by atoms with Gasteiger partial charge in [0.2, 0.25) is 0 Å². The Morgan fingerprint density at radius 3 is 2.67 bits per heavy atom. The lowest BCUT2D eigenvalue weighted by atomic mass is 10.0. The zero-order valence-corrected chi connectivity index (χ0v) is 12.3. The van der Waals surface area contributed by atoms with E-state index in [1.54, 1.807) is 0 Å². The third-order valence-corrected chi connectivity index (χ3v) is 5.04. The number of nitrogens with zero attached hydrogens (tertiary/aromatic N) is 1. The first-order valence-corrected chi connectivity index (χ1v) is 7.73. The van der Waals surface area contributed by atoms with E-state index in [1.165, 1.54) is 31.4 Å². The van der Waals surface area contributed by atoms with E-state index < -0.39 is 5.82 Å². The summed E-state index contributed by atoms with van der Waals surface area (Å²) in [6.07, 6.45) is 3.69. The molecule has 0 bridgehead atoms. The van der Waals surface area contributed by atoms with Crippen molar-refractivity contribution in [1.29, 1.82) is 0 Å². The van der Waals surface area contributed by atoms with Crippen LogP contribution in [-0.2, 0) is 0 Å². The number of aromatic amines is 2. The van der Waals surface area contributed by atoms with Crippen LogP contribution in [0.5, 0.6) is 0 Å². The number of amides is 1. The van der Waals surface area contributed by atoms with Gasteiger partial charge in [-0.3, -0.25) is 4.79 Å². The van der Waals surface area contributed by atoms with Crippen LogP contribution in [0.1, 0.15) is 29.6 Å². The average Bonchev–Trinajstić information content (AvgIpc) is 3.08. The van der Waals surface area contributed by atoms with Gasteiger partial charge >= 0.3 is 0 Å². The molecule has 1 saturated carbocycles. The number of carbonyl (C=O) groups excluding carboxylic acids is 1. The highest BCUT2D eigenvalue weighted by molar-refractivity contribution is 7.71. The first-order chi connectivity index (χ1) is 10.1. The second kappa shape index (κ2) is 4.66. The molecule has 0 unspecified atom stereocenters. The Labute approximate surface area is 126 Å². The molecule has 4 rings (SSSR count). The van der Waals surface area contributed by atoms with Crippen LogP contribution in [-0.4, -0.2) is 33.9 Å². The normalized spacial score (nSPS) is 24.7. The Kier molecular flexibility index (Phi) is 2.89. The highest BCUT2D eigenvalue weighted by Crippen LogP contribution is 2.38. The Hall–Kier alpha value is -1.69. The fourth-order valence-electron chi connectivity index (χ4n) is 3.85. The van der Waals surface area contributed by atoms with Crippen LogP contribution in [0.15, 0.2) is 12.1 Å². The second-order valence-electron chi connectivity index (χ2n) is 6.12. The molecule has 1 aliphatic heterocycles. The van der Waals surface area contributed by atoms with Crippen LogP contribution < -0.4 is 0 Å². The van der Waals surface area contributed by atoms with Gasteiger partial charge in [-0.1, -0.05) is 6.42 Å². The number of imidazole rings is 1. The van der Waals surface area contributed by atoms with Crippen molar-refractivity contribution in [2.45, 2.75) is 19.3 Å². The molecule has 4 nitrogen and oxygen atoms in total. The fourth-order valence-corrected chi connectivity index (χ4v) is 4.06. The minimum atomic E-state index is -0.421. The molecule has 2 aliphatic rings. The van der Waals surface area contributed by atoms with E-state index in [2.05, 4.69) is 9.97 Å². The van der Waals surface area contributed by atoms with Gasteiger partial charge in [0.05, 0.1) is 16.6 Å². The van der Waals surface area contributed by atoms with Crippen LogP contribution in [0, 0.1) is 22.4 Å². The van der Waals surface area contributed by atoms with E-state index in [0.29, 0.717) is 33.2 Å². The van der Waals surface area contributed by atoms with Gasteiger partial charge in [-0.15, -0.1) is 0 Å². The van der Waals surface area contributed by atoms with Crippen LogP contribution in [0.4, 0.5) is 4.39 Å². The van der Waals surface area contributed by atoms with Crippen molar-refractivity contribution in [2.75, 3.05) is 13.1 Å². The van der Waals surface area contributed by atoms with Crippen molar-refractivity contribution in [1.82, 2.24) is 14.9 Å². The molecule has 0 radical (unpaired) electrons. The summed E-state index contributed by atoms with van der Waals surface area (Å²) in [4.78, 5) is 20.4. The summed E-state index contributed by atoms with van der Waals surface area (Å²) >= 11 is 5.04. The van der Waals surface area contributed by atoms with Crippen LogP contribution in [0.3, 0.4) is 0 Å². The summed E-state index contributed by atoms with van der Waals surface area (Å²) in [5, 5.41) is 0. The second-order valence-corrected chi connectivity index (χ2v) is 6.52. The number of likely N-dealkylation sites (tertiary alicyclic amines) is 1. The van der Waals surface area contributed by atoms with E-state index in [9.17, 15) is 9.18 Å². The number of H-pyrrole nitrogens is 2. The first kappa shape index (κ1) is 13.0. The molecule has 110 valence electrons. The average molecular weight is 305 g/mol. The summed E-state index contributed by atoms with van der Waals surface area (Å²) in [6, 6.07) is 2.66. The Balaban J connectivity index is 1.72. The number of hydrogen-bond acceptors (Lipinski definition) is 2. The molecule has 1 amide bonds. The SMILES string of the molecule is O=C(c1cc(F)cc2[nH]c(=S)[nH]c12)N1C[C@@H]2CCC[C@H]2C1. The number of benzene rings is 1. The van der Waals surface area contributed by atoms with Crippen molar-refractivity contribution in [3.63, 3.8) is 0 Å². The number of aromatic nitrogens is 2. The maximum absolute atomic E-state index is 13.7. The summed E-state index contributed by atoms with van der Waals surface area (Å²) in [7, 11) is 0. The van der Waals surface area contributed by atoms with Gasteiger partial charge in [0.15, 0.2) is 4.77 Å². The molecule has 2 atom stereocenters. The lowest BCUT2D eigenvalue weighted by Crippen LogP contribution is -2.29. The Morgan fingerprint density at radius 1 is 1.24 bits per heavy atom. The Morgan fingerprint density at radius 2 is 1.95 bits per heavy atom. The van der Waals surface area contributed by atoms with E-state index in [1.807, 2.05) is 4.90 Å². The standard InChI is InChI=1S/C15H16FN3OS/c16-10-4-11(13-12(5-10)17-15(21)18-13)14(20)19-6-8-2-1-3-9(8)7-19/h4-5,8-9H,1-3,6-7H2,(H2,17,18,21)/t8-,9-/m0/s1. The molecular weight excluding hydrogens is 289 g/mol. The summed E-state index contributed by atoms with van der Waals surface area (Å²) in [6.45, 7) is 1.60. The smallest absolute Gasteiger partial charge is 0.256 e. The summed E-state index contributed by atoms with van der Waals surface area (Å²) in [5.41, 5.74) is 1.52. The van der Waals surface area contributed by atoms with Crippen molar-refractivity contribution in [3.8, 4) is 0 Å².